The van der Waals surface area contributed by atoms with Gasteiger partial charge >= 0.3 is 0 Å². The molecule has 0 spiro atoms. The molecule has 16 heavy (non-hydrogen) atoms. The smallest absolute Gasteiger partial charge is 0.125 e. The molecule has 1 unspecified atom stereocenters. The van der Waals surface area contributed by atoms with Crippen molar-refractivity contribution in [1.29, 1.82) is 0 Å². The van der Waals surface area contributed by atoms with Gasteiger partial charge in [-0.25, -0.2) is 4.39 Å². The van der Waals surface area contributed by atoms with Crippen LogP contribution in [0.3, 0.4) is 0 Å². The molecule has 3 nitrogen and oxygen atoms in total. The van der Waals surface area contributed by atoms with Crippen LogP contribution in [0.5, 0.6) is 0 Å². The molecule has 0 aliphatic carbocycles. The topological polar surface area (TPSA) is 47.3 Å². The first kappa shape index (κ1) is 12.9. The second kappa shape index (κ2) is 5.82. The van der Waals surface area contributed by atoms with Gasteiger partial charge in [0.1, 0.15) is 5.82 Å². The van der Waals surface area contributed by atoms with Gasteiger partial charge < -0.3 is 15.8 Å². The van der Waals surface area contributed by atoms with Crippen molar-refractivity contribution < 1.29 is 9.13 Å². The standard InChI is InChI=1S/C12H19FN2O/c1-3-16-9-12(2,8-14)15-11-6-4-5-10(13)7-11/h4-7,15H,3,8-9,14H2,1-2H3. The predicted molar refractivity (Wildman–Crippen MR) is 64.0 cm³/mol. The van der Waals surface area contributed by atoms with Crippen molar-refractivity contribution in [1.82, 2.24) is 0 Å². The molecule has 1 aromatic rings. The Hall–Kier alpha value is -1.13. The average Bonchev–Trinajstić information content (AvgIpc) is 2.26. The number of benzene rings is 1. The second-order valence-electron chi connectivity index (χ2n) is 4.04. The quantitative estimate of drug-likeness (QED) is 0.780. The summed E-state index contributed by atoms with van der Waals surface area (Å²) in [6.07, 6.45) is 0. The maximum Gasteiger partial charge on any atom is 0.125 e. The van der Waals surface area contributed by atoms with Gasteiger partial charge in [-0.2, -0.15) is 0 Å². The highest BCUT2D eigenvalue weighted by atomic mass is 19.1. The molecule has 3 N–H and O–H groups in total. The zero-order valence-corrected chi connectivity index (χ0v) is 9.79. The number of nitrogens with two attached hydrogens (primary N) is 1. The van der Waals surface area contributed by atoms with Crippen molar-refractivity contribution in [2.24, 2.45) is 5.73 Å². The Morgan fingerprint density at radius 1 is 1.50 bits per heavy atom. The van der Waals surface area contributed by atoms with E-state index >= 15 is 0 Å². The Bertz CT molecular complexity index is 333. The first-order chi connectivity index (χ1) is 7.59. The third-order valence-corrected chi connectivity index (χ3v) is 2.35. The molecule has 0 saturated carbocycles. The minimum Gasteiger partial charge on any atom is -0.379 e. The molecule has 0 amide bonds. The Kier molecular flexibility index (Phi) is 4.71. The summed E-state index contributed by atoms with van der Waals surface area (Å²) in [5.74, 6) is -0.263. The summed E-state index contributed by atoms with van der Waals surface area (Å²) in [4.78, 5) is 0. The van der Waals surface area contributed by atoms with Crippen LogP contribution in [0.25, 0.3) is 0 Å². The SMILES string of the molecule is CCOCC(C)(CN)Nc1cccc(F)c1. The van der Waals surface area contributed by atoms with Crippen molar-refractivity contribution in [3.05, 3.63) is 30.1 Å². The van der Waals surface area contributed by atoms with E-state index in [1.54, 1.807) is 6.07 Å². The summed E-state index contributed by atoms with van der Waals surface area (Å²) in [5.41, 5.74) is 6.04. The molecule has 90 valence electrons. The first-order valence-corrected chi connectivity index (χ1v) is 5.41. The number of hydrogen-bond acceptors (Lipinski definition) is 3. The lowest BCUT2D eigenvalue weighted by Gasteiger charge is -2.30. The first-order valence-electron chi connectivity index (χ1n) is 5.41. The van der Waals surface area contributed by atoms with Crippen LogP contribution in [0.2, 0.25) is 0 Å². The average molecular weight is 226 g/mol. The van der Waals surface area contributed by atoms with E-state index in [2.05, 4.69) is 5.32 Å². The second-order valence-corrected chi connectivity index (χ2v) is 4.04. The van der Waals surface area contributed by atoms with Gasteiger partial charge in [0.15, 0.2) is 0 Å². The molecule has 1 aromatic carbocycles. The molecule has 0 saturated heterocycles. The molecule has 0 aliphatic heterocycles. The third kappa shape index (κ3) is 3.79. The number of hydrogen-bond donors (Lipinski definition) is 2. The summed E-state index contributed by atoms with van der Waals surface area (Å²) >= 11 is 0. The Morgan fingerprint density at radius 3 is 2.81 bits per heavy atom. The van der Waals surface area contributed by atoms with Crippen LogP contribution in [-0.2, 0) is 4.74 Å². The Labute approximate surface area is 95.8 Å². The zero-order valence-electron chi connectivity index (χ0n) is 9.79. The Balaban J connectivity index is 2.68. The molecule has 0 radical (unpaired) electrons. The van der Waals surface area contributed by atoms with E-state index in [0.717, 1.165) is 0 Å². The normalized spacial score (nSPS) is 14.5. The lowest BCUT2D eigenvalue weighted by Crippen LogP contribution is -2.46. The molecule has 4 heteroatoms. The molecular weight excluding hydrogens is 207 g/mol. The van der Waals surface area contributed by atoms with E-state index in [0.29, 0.717) is 25.4 Å². The fourth-order valence-corrected chi connectivity index (χ4v) is 1.39. The van der Waals surface area contributed by atoms with Gasteiger partial charge in [-0.05, 0) is 32.0 Å². The van der Waals surface area contributed by atoms with E-state index < -0.39 is 0 Å². The summed E-state index contributed by atoms with van der Waals surface area (Å²) in [6, 6.07) is 6.32. The zero-order chi connectivity index (χ0) is 12.0. The summed E-state index contributed by atoms with van der Waals surface area (Å²) < 4.78 is 18.4. The monoisotopic (exact) mass is 226 g/mol. The van der Waals surface area contributed by atoms with Gasteiger partial charge in [-0.3, -0.25) is 0 Å². The van der Waals surface area contributed by atoms with Gasteiger partial charge in [0.05, 0.1) is 12.1 Å². The summed E-state index contributed by atoms with van der Waals surface area (Å²) in [7, 11) is 0. The Morgan fingerprint density at radius 2 is 2.25 bits per heavy atom. The van der Waals surface area contributed by atoms with Gasteiger partial charge in [0, 0.05) is 18.8 Å². The summed E-state index contributed by atoms with van der Waals surface area (Å²) in [5, 5.41) is 3.19. The maximum absolute atomic E-state index is 13.0. The number of ether oxygens (including phenoxy) is 1. The lowest BCUT2D eigenvalue weighted by molar-refractivity contribution is 0.112. The van der Waals surface area contributed by atoms with Crippen LogP contribution in [0.1, 0.15) is 13.8 Å². The largest absolute Gasteiger partial charge is 0.379 e. The van der Waals surface area contributed by atoms with Crippen LogP contribution >= 0.6 is 0 Å². The van der Waals surface area contributed by atoms with Gasteiger partial charge in [0.25, 0.3) is 0 Å². The third-order valence-electron chi connectivity index (χ3n) is 2.35. The fourth-order valence-electron chi connectivity index (χ4n) is 1.39. The van der Waals surface area contributed by atoms with Crippen LogP contribution < -0.4 is 11.1 Å². The highest BCUT2D eigenvalue weighted by Gasteiger charge is 2.22. The number of rotatable bonds is 6. The molecule has 0 bridgehead atoms. The molecule has 0 fully saturated rings. The van der Waals surface area contributed by atoms with E-state index in [-0.39, 0.29) is 11.4 Å². The minimum atomic E-state index is -0.371. The number of anilines is 1. The minimum absolute atomic E-state index is 0.263. The van der Waals surface area contributed by atoms with Gasteiger partial charge in [-0.1, -0.05) is 6.07 Å². The fraction of sp³-hybridized carbons (Fsp3) is 0.500. The molecule has 1 rings (SSSR count). The number of nitrogens with one attached hydrogen (secondary N) is 1. The van der Waals surface area contributed by atoms with Gasteiger partial charge in [0.2, 0.25) is 0 Å². The maximum atomic E-state index is 13.0. The van der Waals surface area contributed by atoms with E-state index in [1.165, 1.54) is 12.1 Å². The van der Waals surface area contributed by atoms with Gasteiger partial charge in [-0.15, -0.1) is 0 Å². The number of halogens is 1. The van der Waals surface area contributed by atoms with Crippen molar-refractivity contribution in [3.8, 4) is 0 Å². The van der Waals surface area contributed by atoms with Crippen molar-refractivity contribution in [2.75, 3.05) is 25.1 Å². The highest BCUT2D eigenvalue weighted by Crippen LogP contribution is 2.16. The molecule has 0 aromatic heterocycles. The van der Waals surface area contributed by atoms with Crippen LogP contribution in [0, 0.1) is 5.82 Å². The highest BCUT2D eigenvalue weighted by molar-refractivity contribution is 5.45. The summed E-state index contributed by atoms with van der Waals surface area (Å²) in [6.45, 7) is 5.44. The van der Waals surface area contributed by atoms with Crippen molar-refractivity contribution >= 4 is 5.69 Å². The van der Waals surface area contributed by atoms with E-state index in [4.69, 9.17) is 10.5 Å². The molecule has 0 aliphatic rings. The van der Waals surface area contributed by atoms with E-state index in [9.17, 15) is 4.39 Å². The predicted octanol–water partition coefficient (Wildman–Crippen LogP) is 1.99. The molecule has 0 heterocycles. The lowest BCUT2D eigenvalue weighted by atomic mass is 10.0. The van der Waals surface area contributed by atoms with E-state index in [1.807, 2.05) is 19.9 Å². The van der Waals surface area contributed by atoms with Crippen LogP contribution in [0.4, 0.5) is 10.1 Å². The van der Waals surface area contributed by atoms with Crippen molar-refractivity contribution in [3.63, 3.8) is 0 Å². The molecular formula is C12H19FN2O. The van der Waals surface area contributed by atoms with Crippen LogP contribution in [-0.4, -0.2) is 25.3 Å². The van der Waals surface area contributed by atoms with Crippen LogP contribution in [0.15, 0.2) is 24.3 Å². The molecule has 1 atom stereocenters. The van der Waals surface area contributed by atoms with Crippen molar-refractivity contribution in [2.45, 2.75) is 19.4 Å².